The van der Waals surface area contributed by atoms with E-state index in [1.807, 2.05) is 19.1 Å². The van der Waals surface area contributed by atoms with E-state index in [0.717, 1.165) is 18.4 Å². The third-order valence-electron chi connectivity index (χ3n) is 3.41. The number of ether oxygens (including phenoxy) is 1. The van der Waals surface area contributed by atoms with Gasteiger partial charge < -0.3 is 20.1 Å². The normalized spacial score (nSPS) is 13.6. The van der Waals surface area contributed by atoms with Gasteiger partial charge in [0.1, 0.15) is 5.75 Å². The first kappa shape index (κ1) is 15.2. The van der Waals surface area contributed by atoms with E-state index in [4.69, 9.17) is 9.84 Å². The Morgan fingerprint density at radius 3 is 2.71 bits per heavy atom. The van der Waals surface area contributed by atoms with Gasteiger partial charge in [-0.05, 0) is 37.5 Å². The van der Waals surface area contributed by atoms with Gasteiger partial charge in [0.2, 0.25) is 0 Å². The van der Waals surface area contributed by atoms with Crippen LogP contribution in [0, 0.1) is 6.92 Å². The largest absolute Gasteiger partial charge is 0.495 e. The molecule has 2 rings (SSSR count). The first-order valence-electron chi connectivity index (χ1n) is 6.95. The molecule has 2 amide bonds. The minimum absolute atomic E-state index is 0.0468. The van der Waals surface area contributed by atoms with E-state index >= 15 is 0 Å². The van der Waals surface area contributed by atoms with Crippen LogP contribution in [0.25, 0.3) is 0 Å². The minimum atomic E-state index is -0.901. The second-order valence-corrected chi connectivity index (χ2v) is 5.20. The molecule has 21 heavy (non-hydrogen) atoms. The number of amides is 2. The standard InChI is InChI=1S/C15H20N2O4/c1-10-3-6-13(21-2)12(9-10)16-15(20)17(11-4-5-11)8-7-14(18)19/h3,6,9,11H,4-5,7-8H2,1-2H3,(H,16,20)(H,18,19). The Morgan fingerprint density at radius 1 is 1.43 bits per heavy atom. The Morgan fingerprint density at radius 2 is 2.14 bits per heavy atom. The number of aliphatic carboxylic acids is 1. The maximum Gasteiger partial charge on any atom is 0.322 e. The topological polar surface area (TPSA) is 78.9 Å². The fourth-order valence-corrected chi connectivity index (χ4v) is 2.16. The van der Waals surface area contributed by atoms with Crippen molar-refractivity contribution in [1.82, 2.24) is 4.90 Å². The van der Waals surface area contributed by atoms with Crippen LogP contribution in [0.1, 0.15) is 24.8 Å². The summed E-state index contributed by atoms with van der Waals surface area (Å²) in [5, 5.41) is 11.6. The highest BCUT2D eigenvalue weighted by Gasteiger charge is 2.33. The molecule has 1 aliphatic rings. The van der Waals surface area contributed by atoms with E-state index in [2.05, 4.69) is 5.32 Å². The number of nitrogens with one attached hydrogen (secondary N) is 1. The summed E-state index contributed by atoms with van der Waals surface area (Å²) in [6.07, 6.45) is 1.81. The van der Waals surface area contributed by atoms with Crippen LogP contribution >= 0.6 is 0 Å². The molecule has 0 unspecified atom stereocenters. The zero-order valence-corrected chi connectivity index (χ0v) is 12.3. The summed E-state index contributed by atoms with van der Waals surface area (Å²) in [4.78, 5) is 24.6. The van der Waals surface area contributed by atoms with Crippen molar-refractivity contribution in [3.05, 3.63) is 23.8 Å². The van der Waals surface area contributed by atoms with Crippen molar-refractivity contribution < 1.29 is 19.4 Å². The molecular weight excluding hydrogens is 272 g/mol. The number of carboxylic acids is 1. The summed E-state index contributed by atoms with van der Waals surface area (Å²) in [5.41, 5.74) is 1.61. The van der Waals surface area contributed by atoms with E-state index in [1.54, 1.807) is 18.1 Å². The average Bonchev–Trinajstić information content (AvgIpc) is 3.23. The van der Waals surface area contributed by atoms with Gasteiger partial charge in [-0.1, -0.05) is 6.07 Å². The number of methoxy groups -OCH3 is 1. The molecule has 0 atom stereocenters. The van der Waals surface area contributed by atoms with Crippen LogP contribution in [0.15, 0.2) is 18.2 Å². The van der Waals surface area contributed by atoms with Crippen molar-refractivity contribution in [1.29, 1.82) is 0 Å². The molecule has 0 saturated heterocycles. The zero-order chi connectivity index (χ0) is 15.4. The van der Waals surface area contributed by atoms with Gasteiger partial charge in [-0.15, -0.1) is 0 Å². The predicted molar refractivity (Wildman–Crippen MR) is 78.7 cm³/mol. The molecule has 0 heterocycles. The Balaban J connectivity index is 2.07. The number of nitrogens with zero attached hydrogens (tertiary/aromatic N) is 1. The number of rotatable bonds is 6. The first-order valence-corrected chi connectivity index (χ1v) is 6.95. The lowest BCUT2D eigenvalue weighted by Gasteiger charge is -2.22. The molecule has 0 aliphatic heterocycles. The van der Waals surface area contributed by atoms with E-state index < -0.39 is 5.97 Å². The van der Waals surface area contributed by atoms with E-state index in [0.29, 0.717) is 11.4 Å². The molecule has 1 fully saturated rings. The fourth-order valence-electron chi connectivity index (χ4n) is 2.16. The Labute approximate surface area is 123 Å². The number of carboxylic acid groups (broad SMARTS) is 1. The molecule has 1 saturated carbocycles. The van der Waals surface area contributed by atoms with Crippen molar-refractivity contribution in [3.8, 4) is 5.75 Å². The molecule has 0 aromatic heterocycles. The van der Waals surface area contributed by atoms with Crippen molar-refractivity contribution in [2.24, 2.45) is 0 Å². The summed E-state index contributed by atoms with van der Waals surface area (Å²) in [6.45, 7) is 2.15. The number of hydrogen-bond acceptors (Lipinski definition) is 3. The molecule has 2 N–H and O–H groups in total. The summed E-state index contributed by atoms with van der Waals surface area (Å²) in [7, 11) is 1.55. The van der Waals surface area contributed by atoms with Gasteiger partial charge in [-0.2, -0.15) is 0 Å². The Kier molecular flexibility index (Phi) is 4.67. The minimum Gasteiger partial charge on any atom is -0.495 e. The fraction of sp³-hybridized carbons (Fsp3) is 0.467. The van der Waals surface area contributed by atoms with Gasteiger partial charge >= 0.3 is 12.0 Å². The van der Waals surface area contributed by atoms with Crippen LogP contribution in [-0.2, 0) is 4.79 Å². The van der Waals surface area contributed by atoms with Crippen LogP contribution in [0.2, 0.25) is 0 Å². The highest BCUT2D eigenvalue weighted by molar-refractivity contribution is 5.91. The van der Waals surface area contributed by atoms with Gasteiger partial charge in [-0.25, -0.2) is 4.79 Å². The van der Waals surface area contributed by atoms with Crippen LogP contribution < -0.4 is 10.1 Å². The SMILES string of the molecule is COc1ccc(C)cc1NC(=O)N(CCC(=O)O)C1CC1. The van der Waals surface area contributed by atoms with Crippen LogP contribution in [0.3, 0.4) is 0 Å². The lowest BCUT2D eigenvalue weighted by molar-refractivity contribution is -0.137. The van der Waals surface area contributed by atoms with Gasteiger partial charge in [0.25, 0.3) is 0 Å². The molecule has 1 aliphatic carbocycles. The highest BCUT2D eigenvalue weighted by atomic mass is 16.5. The van der Waals surface area contributed by atoms with Gasteiger partial charge in [0, 0.05) is 12.6 Å². The molecule has 0 radical (unpaired) electrons. The lowest BCUT2D eigenvalue weighted by Crippen LogP contribution is -2.38. The number of carbonyl (C=O) groups excluding carboxylic acids is 1. The number of urea groups is 1. The molecular formula is C15H20N2O4. The number of aryl methyl sites for hydroxylation is 1. The van der Waals surface area contributed by atoms with Crippen LogP contribution in [0.5, 0.6) is 5.75 Å². The molecule has 6 heteroatoms. The molecule has 114 valence electrons. The van der Waals surface area contributed by atoms with Crippen LogP contribution in [0.4, 0.5) is 10.5 Å². The number of carbonyl (C=O) groups is 2. The monoisotopic (exact) mass is 292 g/mol. The number of hydrogen-bond donors (Lipinski definition) is 2. The average molecular weight is 292 g/mol. The summed E-state index contributed by atoms with van der Waals surface area (Å²) in [6, 6.07) is 5.41. The van der Waals surface area contributed by atoms with E-state index in [9.17, 15) is 9.59 Å². The molecule has 1 aromatic carbocycles. The lowest BCUT2D eigenvalue weighted by atomic mass is 10.2. The maximum atomic E-state index is 12.4. The number of anilines is 1. The van der Waals surface area contributed by atoms with Crippen LogP contribution in [-0.4, -0.2) is 41.7 Å². The van der Waals surface area contributed by atoms with Gasteiger partial charge in [0.15, 0.2) is 0 Å². The summed E-state index contributed by atoms with van der Waals surface area (Å²) < 4.78 is 5.23. The van der Waals surface area contributed by atoms with Crippen molar-refractivity contribution >= 4 is 17.7 Å². The van der Waals surface area contributed by atoms with E-state index in [-0.39, 0.29) is 25.0 Å². The highest BCUT2D eigenvalue weighted by Crippen LogP contribution is 2.30. The van der Waals surface area contributed by atoms with Crippen molar-refractivity contribution in [2.75, 3.05) is 19.0 Å². The second-order valence-electron chi connectivity index (χ2n) is 5.20. The molecule has 1 aromatic rings. The maximum absolute atomic E-state index is 12.4. The molecule has 0 bridgehead atoms. The zero-order valence-electron chi connectivity index (χ0n) is 12.3. The third kappa shape index (κ3) is 4.11. The van der Waals surface area contributed by atoms with Crippen molar-refractivity contribution in [2.45, 2.75) is 32.2 Å². The van der Waals surface area contributed by atoms with Gasteiger partial charge in [0.05, 0.1) is 19.2 Å². The second kappa shape index (κ2) is 6.47. The quantitative estimate of drug-likeness (QED) is 0.844. The van der Waals surface area contributed by atoms with E-state index in [1.165, 1.54) is 0 Å². The summed E-state index contributed by atoms with van der Waals surface area (Å²) in [5.74, 6) is -0.315. The Hall–Kier alpha value is -2.24. The smallest absolute Gasteiger partial charge is 0.322 e. The molecule has 0 spiro atoms. The third-order valence-corrected chi connectivity index (χ3v) is 3.41. The molecule has 6 nitrogen and oxygen atoms in total. The predicted octanol–water partition coefficient (Wildman–Crippen LogP) is 2.47. The Bertz CT molecular complexity index is 540. The van der Waals surface area contributed by atoms with Gasteiger partial charge in [-0.3, -0.25) is 4.79 Å². The van der Waals surface area contributed by atoms with Crippen molar-refractivity contribution in [3.63, 3.8) is 0 Å². The summed E-state index contributed by atoms with van der Waals surface area (Å²) >= 11 is 0. The number of benzene rings is 1. The first-order chi connectivity index (χ1) is 10.0.